The Kier molecular flexibility index (Phi) is 4.17. The van der Waals surface area contributed by atoms with E-state index in [0.717, 1.165) is 30.5 Å². The fourth-order valence-corrected chi connectivity index (χ4v) is 5.41. The van der Waals surface area contributed by atoms with E-state index in [-0.39, 0.29) is 23.6 Å². The number of hydrogen-bond donors (Lipinski definition) is 0. The van der Waals surface area contributed by atoms with Crippen LogP contribution in [0.15, 0.2) is 48.5 Å². The van der Waals surface area contributed by atoms with Crippen LogP contribution in [0.2, 0.25) is 0 Å². The number of carbonyl (C=O) groups is 3. The molecule has 0 unspecified atom stereocenters. The van der Waals surface area contributed by atoms with Crippen LogP contribution in [0.25, 0.3) is 0 Å². The molecular weight excluding hydrogens is 364 g/mol. The minimum absolute atomic E-state index is 0.0225. The van der Waals surface area contributed by atoms with Gasteiger partial charge < -0.3 is 0 Å². The maximum atomic E-state index is 13.5. The Morgan fingerprint density at radius 1 is 0.931 bits per heavy atom. The lowest BCUT2D eigenvalue weighted by atomic mass is 9.85. The molecule has 0 saturated carbocycles. The van der Waals surface area contributed by atoms with E-state index in [1.165, 1.54) is 4.90 Å². The number of amides is 2. The maximum Gasteiger partial charge on any atom is 0.239 e. The molecule has 5 nitrogen and oxygen atoms in total. The topological polar surface area (TPSA) is 57.7 Å². The predicted octanol–water partition coefficient (Wildman–Crippen LogP) is 3.14. The highest BCUT2D eigenvalue weighted by Gasteiger charge is 2.64. The van der Waals surface area contributed by atoms with E-state index >= 15 is 0 Å². The molecule has 0 bridgehead atoms. The number of carbonyl (C=O) groups excluding carboxylic acids is 3. The second kappa shape index (κ2) is 6.63. The van der Waals surface area contributed by atoms with Crippen molar-refractivity contribution in [2.24, 2.45) is 11.8 Å². The number of Topliss-reactive ketones (excluding diaryl/α,β-unsaturated/α-hetero) is 1. The van der Waals surface area contributed by atoms with Gasteiger partial charge in [-0.1, -0.05) is 36.4 Å². The molecule has 0 aliphatic carbocycles. The maximum absolute atomic E-state index is 13.5. The third kappa shape index (κ3) is 2.60. The molecule has 0 N–H and O–H groups in total. The SMILES string of the molecule is Cc1ccc(N2C(=O)[C@@H]3[C@H](C2=O)[C@H](C(=O)c2ccccc2)N2CCC[C@@H]32)cc1C. The number of nitrogens with zero attached hydrogens (tertiary/aromatic N) is 2. The van der Waals surface area contributed by atoms with Crippen molar-refractivity contribution in [3.05, 3.63) is 65.2 Å². The first-order chi connectivity index (χ1) is 14.0. The highest BCUT2D eigenvalue weighted by molar-refractivity contribution is 6.24. The van der Waals surface area contributed by atoms with E-state index in [1.54, 1.807) is 12.1 Å². The van der Waals surface area contributed by atoms with E-state index in [0.29, 0.717) is 11.3 Å². The van der Waals surface area contributed by atoms with E-state index in [4.69, 9.17) is 0 Å². The van der Waals surface area contributed by atoms with Gasteiger partial charge >= 0.3 is 0 Å². The minimum Gasteiger partial charge on any atom is -0.292 e. The number of imide groups is 1. The van der Waals surface area contributed by atoms with Gasteiger partial charge in [-0.2, -0.15) is 0 Å². The Balaban J connectivity index is 1.56. The highest BCUT2D eigenvalue weighted by Crippen LogP contribution is 2.48. The largest absolute Gasteiger partial charge is 0.292 e. The zero-order chi connectivity index (χ0) is 20.3. The van der Waals surface area contributed by atoms with Gasteiger partial charge in [0, 0.05) is 11.6 Å². The Morgan fingerprint density at radius 3 is 2.38 bits per heavy atom. The summed E-state index contributed by atoms with van der Waals surface area (Å²) in [5, 5.41) is 0. The van der Waals surface area contributed by atoms with Crippen molar-refractivity contribution in [1.29, 1.82) is 0 Å². The van der Waals surface area contributed by atoms with Gasteiger partial charge in [0.25, 0.3) is 0 Å². The second-order valence-electron chi connectivity index (χ2n) is 8.45. The monoisotopic (exact) mass is 388 g/mol. The molecule has 0 radical (unpaired) electrons. The second-order valence-corrected chi connectivity index (χ2v) is 8.45. The lowest BCUT2D eigenvalue weighted by Gasteiger charge is -2.27. The van der Waals surface area contributed by atoms with Crippen molar-refractivity contribution >= 4 is 23.3 Å². The van der Waals surface area contributed by atoms with Gasteiger partial charge in [0.05, 0.1) is 23.6 Å². The molecule has 2 aromatic rings. The van der Waals surface area contributed by atoms with Gasteiger partial charge in [-0.3, -0.25) is 19.3 Å². The molecule has 0 spiro atoms. The molecule has 5 rings (SSSR count). The zero-order valence-electron chi connectivity index (χ0n) is 16.7. The van der Waals surface area contributed by atoms with E-state index in [9.17, 15) is 14.4 Å². The van der Waals surface area contributed by atoms with Crippen LogP contribution in [0.3, 0.4) is 0 Å². The van der Waals surface area contributed by atoms with Crippen molar-refractivity contribution in [3.63, 3.8) is 0 Å². The Morgan fingerprint density at radius 2 is 1.66 bits per heavy atom. The first kappa shape index (κ1) is 18.3. The van der Waals surface area contributed by atoms with E-state index in [1.807, 2.05) is 50.2 Å². The predicted molar refractivity (Wildman–Crippen MR) is 110 cm³/mol. The van der Waals surface area contributed by atoms with Crippen LogP contribution in [-0.4, -0.2) is 41.1 Å². The molecule has 148 valence electrons. The molecule has 0 aromatic heterocycles. The normalized spacial score (nSPS) is 28.7. The smallest absolute Gasteiger partial charge is 0.239 e. The van der Waals surface area contributed by atoms with Gasteiger partial charge in [0.2, 0.25) is 11.8 Å². The van der Waals surface area contributed by atoms with E-state index < -0.39 is 17.9 Å². The number of hydrogen-bond acceptors (Lipinski definition) is 4. The average molecular weight is 388 g/mol. The number of benzene rings is 2. The summed E-state index contributed by atoms with van der Waals surface area (Å²) >= 11 is 0. The molecule has 4 atom stereocenters. The summed E-state index contributed by atoms with van der Waals surface area (Å²) in [6.07, 6.45) is 1.82. The van der Waals surface area contributed by atoms with Gasteiger partial charge in [0.1, 0.15) is 0 Å². The molecule has 3 saturated heterocycles. The molecule has 3 aliphatic rings. The number of fused-ring (bicyclic) bond motifs is 3. The average Bonchev–Trinajstić information content (AvgIpc) is 3.37. The van der Waals surface area contributed by atoms with E-state index in [2.05, 4.69) is 4.90 Å². The molecule has 29 heavy (non-hydrogen) atoms. The quantitative estimate of drug-likeness (QED) is 0.599. The zero-order valence-corrected chi connectivity index (χ0v) is 16.7. The van der Waals surface area contributed by atoms with Crippen LogP contribution in [0.5, 0.6) is 0 Å². The lowest BCUT2D eigenvalue weighted by molar-refractivity contribution is -0.123. The van der Waals surface area contributed by atoms with Gasteiger partial charge in [-0.05, 0) is 56.5 Å². The van der Waals surface area contributed by atoms with Gasteiger partial charge in [-0.25, -0.2) is 4.90 Å². The third-order valence-electron chi connectivity index (χ3n) is 6.93. The highest BCUT2D eigenvalue weighted by atomic mass is 16.2. The summed E-state index contributed by atoms with van der Waals surface area (Å²) in [7, 11) is 0. The minimum atomic E-state index is -0.595. The van der Waals surface area contributed by atoms with Crippen molar-refractivity contribution in [1.82, 2.24) is 4.90 Å². The summed E-state index contributed by atoms with van der Waals surface area (Å²) < 4.78 is 0. The summed E-state index contributed by atoms with van der Waals surface area (Å²) in [5.74, 6) is -1.45. The Bertz CT molecular complexity index is 1020. The summed E-state index contributed by atoms with van der Waals surface area (Å²) in [4.78, 5) is 43.8. The van der Waals surface area contributed by atoms with Crippen LogP contribution >= 0.6 is 0 Å². The lowest BCUT2D eigenvalue weighted by Crippen LogP contribution is -2.46. The van der Waals surface area contributed by atoms with Gasteiger partial charge in [-0.15, -0.1) is 0 Å². The summed E-state index contributed by atoms with van der Waals surface area (Å²) in [6, 6.07) is 14.2. The summed E-state index contributed by atoms with van der Waals surface area (Å²) in [6.45, 7) is 4.75. The van der Waals surface area contributed by atoms with Crippen LogP contribution in [-0.2, 0) is 9.59 Å². The van der Waals surface area contributed by atoms with Crippen molar-refractivity contribution < 1.29 is 14.4 Å². The fourth-order valence-electron chi connectivity index (χ4n) is 5.41. The van der Waals surface area contributed by atoms with Crippen molar-refractivity contribution in [3.8, 4) is 0 Å². The first-order valence-electron chi connectivity index (χ1n) is 10.3. The molecule has 2 aromatic carbocycles. The summed E-state index contributed by atoms with van der Waals surface area (Å²) in [5.41, 5.74) is 3.38. The third-order valence-corrected chi connectivity index (χ3v) is 6.93. The number of rotatable bonds is 3. The first-order valence-corrected chi connectivity index (χ1v) is 10.3. The molecule has 3 heterocycles. The molecular formula is C24H24N2O3. The van der Waals surface area contributed by atoms with Crippen LogP contribution < -0.4 is 4.90 Å². The Hall–Kier alpha value is -2.79. The molecule has 2 amide bonds. The van der Waals surface area contributed by atoms with Crippen LogP contribution in [0, 0.1) is 25.7 Å². The standard InChI is InChI=1S/C24H24N2O3/c1-14-10-11-17(13-15(14)2)26-23(28)19-18-9-6-12-25(18)21(20(19)24(26)29)22(27)16-7-4-3-5-8-16/h3-5,7-8,10-11,13,18-21H,6,9,12H2,1-2H3/t18-,19-,20-,21+/m0/s1. The van der Waals surface area contributed by atoms with Crippen molar-refractivity contribution in [2.75, 3.05) is 11.4 Å². The molecule has 3 fully saturated rings. The fraction of sp³-hybridized carbons (Fsp3) is 0.375. The van der Waals surface area contributed by atoms with Gasteiger partial charge in [0.15, 0.2) is 5.78 Å². The van der Waals surface area contributed by atoms with Crippen molar-refractivity contribution in [2.45, 2.75) is 38.8 Å². The van der Waals surface area contributed by atoms with Crippen LogP contribution in [0.4, 0.5) is 5.69 Å². The molecule has 5 heteroatoms. The number of ketones is 1. The molecule has 3 aliphatic heterocycles. The Labute approximate surface area is 170 Å². The number of aryl methyl sites for hydroxylation is 2. The van der Waals surface area contributed by atoms with Crippen LogP contribution in [0.1, 0.15) is 34.3 Å². The number of anilines is 1.